The molecule has 0 aliphatic heterocycles. The van der Waals surface area contributed by atoms with Crippen LogP contribution in [0.25, 0.3) is 49.0 Å². The summed E-state index contributed by atoms with van der Waals surface area (Å²) in [4.78, 5) is 0. The van der Waals surface area contributed by atoms with E-state index < -0.39 is 0 Å². The Morgan fingerprint density at radius 3 is 1.77 bits per heavy atom. The van der Waals surface area contributed by atoms with Gasteiger partial charge in [-0.3, -0.25) is 0 Å². The maximum atomic E-state index is 2.51. The van der Waals surface area contributed by atoms with Crippen LogP contribution in [0.1, 0.15) is 12.0 Å². The fraction of sp³-hybridized carbons (Fsp3) is 0.0968. The van der Waals surface area contributed by atoms with E-state index >= 15 is 0 Å². The van der Waals surface area contributed by atoms with Crippen LogP contribution in [0.15, 0.2) is 109 Å². The van der Waals surface area contributed by atoms with E-state index in [4.69, 9.17) is 0 Å². The zero-order chi connectivity index (χ0) is 20.4. The van der Waals surface area contributed by atoms with Crippen LogP contribution >= 0.6 is 0 Å². The first-order valence-electron chi connectivity index (χ1n) is 11.2. The highest BCUT2D eigenvalue weighted by atomic mass is 14.4. The van der Waals surface area contributed by atoms with Crippen LogP contribution < -0.4 is 0 Å². The molecule has 2 aliphatic carbocycles. The van der Waals surface area contributed by atoms with E-state index in [1.54, 1.807) is 0 Å². The summed E-state index contributed by atoms with van der Waals surface area (Å²) in [6.45, 7) is 0. The number of benzene rings is 5. The molecule has 2 unspecified atom stereocenters. The average molecular weight is 395 g/mol. The third-order valence-electron chi connectivity index (χ3n) is 7.09. The molecule has 0 radical (unpaired) electrons. The molecule has 5 aromatic carbocycles. The van der Waals surface area contributed by atoms with Crippen molar-refractivity contribution >= 4 is 37.9 Å². The van der Waals surface area contributed by atoms with E-state index in [0.717, 1.165) is 11.8 Å². The van der Waals surface area contributed by atoms with Crippen molar-refractivity contribution in [3.8, 4) is 11.1 Å². The molecule has 5 aromatic rings. The number of rotatable bonds is 2. The van der Waals surface area contributed by atoms with Crippen LogP contribution in [0, 0.1) is 11.8 Å². The zero-order valence-electron chi connectivity index (χ0n) is 17.3. The maximum absolute atomic E-state index is 2.51. The minimum atomic E-state index is 0.732. The first-order valence-corrected chi connectivity index (χ1v) is 11.2. The molecule has 0 N–H and O–H groups in total. The van der Waals surface area contributed by atoms with Gasteiger partial charge in [-0.05, 0) is 72.8 Å². The lowest BCUT2D eigenvalue weighted by molar-refractivity contribution is 0.985. The van der Waals surface area contributed by atoms with E-state index in [0.29, 0.717) is 0 Å². The first kappa shape index (κ1) is 17.1. The SMILES string of the molecule is C1=CC2CC2C=C1c1c2ccccc2c(-c2cccc3ccccc23)c2ccccc12. The van der Waals surface area contributed by atoms with Gasteiger partial charge in [0.1, 0.15) is 0 Å². The molecule has 31 heavy (non-hydrogen) atoms. The molecule has 0 aromatic heterocycles. The number of fused-ring (bicyclic) bond motifs is 4. The van der Waals surface area contributed by atoms with E-state index in [-0.39, 0.29) is 0 Å². The number of hydrogen-bond acceptors (Lipinski definition) is 0. The molecule has 0 nitrogen and oxygen atoms in total. The highest BCUT2D eigenvalue weighted by Crippen LogP contribution is 2.49. The Morgan fingerprint density at radius 1 is 0.516 bits per heavy atom. The van der Waals surface area contributed by atoms with Gasteiger partial charge >= 0.3 is 0 Å². The summed E-state index contributed by atoms with van der Waals surface area (Å²) in [5.74, 6) is 1.51. The predicted molar refractivity (Wildman–Crippen MR) is 133 cm³/mol. The monoisotopic (exact) mass is 394 g/mol. The summed E-state index contributed by atoms with van der Waals surface area (Å²) in [6, 6.07) is 33.3. The van der Waals surface area contributed by atoms with Gasteiger partial charge in [-0.15, -0.1) is 0 Å². The van der Waals surface area contributed by atoms with Gasteiger partial charge in [0.25, 0.3) is 0 Å². The van der Waals surface area contributed by atoms with Crippen molar-refractivity contribution < 1.29 is 0 Å². The Hall–Kier alpha value is -3.64. The predicted octanol–water partition coefficient (Wildman–Crippen LogP) is 8.40. The van der Waals surface area contributed by atoms with Crippen LogP contribution in [0.5, 0.6) is 0 Å². The quantitative estimate of drug-likeness (QED) is 0.264. The summed E-state index contributed by atoms with van der Waals surface area (Å²) in [7, 11) is 0. The Bertz CT molecular complexity index is 1500. The van der Waals surface area contributed by atoms with Gasteiger partial charge in [0.05, 0.1) is 0 Å². The summed E-state index contributed by atoms with van der Waals surface area (Å²) in [5, 5.41) is 7.96. The Balaban J connectivity index is 1.66. The highest BCUT2D eigenvalue weighted by Gasteiger charge is 2.35. The second-order valence-electron chi connectivity index (χ2n) is 8.91. The topological polar surface area (TPSA) is 0 Å². The average Bonchev–Trinajstić information content (AvgIpc) is 3.61. The Morgan fingerprint density at radius 2 is 1.10 bits per heavy atom. The van der Waals surface area contributed by atoms with Crippen LogP contribution in [-0.4, -0.2) is 0 Å². The molecule has 2 aliphatic rings. The van der Waals surface area contributed by atoms with Crippen molar-refractivity contribution in [1.82, 2.24) is 0 Å². The first-order chi connectivity index (χ1) is 15.4. The van der Waals surface area contributed by atoms with Crippen LogP contribution in [-0.2, 0) is 0 Å². The van der Waals surface area contributed by atoms with Crippen molar-refractivity contribution in [3.05, 3.63) is 115 Å². The van der Waals surface area contributed by atoms with Gasteiger partial charge in [-0.25, -0.2) is 0 Å². The molecule has 2 atom stereocenters. The summed E-state index contributed by atoms with van der Waals surface area (Å²) >= 11 is 0. The molecule has 1 saturated carbocycles. The van der Waals surface area contributed by atoms with Gasteiger partial charge in [0.15, 0.2) is 0 Å². The molecular weight excluding hydrogens is 372 g/mol. The Kier molecular flexibility index (Phi) is 3.54. The molecule has 0 spiro atoms. The van der Waals surface area contributed by atoms with E-state index in [1.807, 2.05) is 0 Å². The molecular formula is C31H22. The lowest BCUT2D eigenvalue weighted by Gasteiger charge is -2.19. The molecule has 0 amide bonds. The van der Waals surface area contributed by atoms with Gasteiger partial charge < -0.3 is 0 Å². The number of hydrogen-bond donors (Lipinski definition) is 0. The standard InChI is InChI=1S/C31H22/c1-2-10-24-20(8-1)9-7-15-25(24)31-28-13-5-3-11-26(28)30(27-12-4-6-14-29(27)31)22-17-16-21-18-23(21)19-22/h1-17,19,21,23H,18H2. The largest absolute Gasteiger partial charge is 0.0802 e. The lowest BCUT2D eigenvalue weighted by Crippen LogP contribution is -1.95. The van der Waals surface area contributed by atoms with Gasteiger partial charge in [-0.2, -0.15) is 0 Å². The van der Waals surface area contributed by atoms with Crippen LogP contribution in [0.4, 0.5) is 0 Å². The van der Waals surface area contributed by atoms with Gasteiger partial charge in [0.2, 0.25) is 0 Å². The molecule has 0 heteroatoms. The summed E-state index contributed by atoms with van der Waals surface area (Å²) in [6.07, 6.45) is 8.60. The van der Waals surface area contributed by atoms with Crippen molar-refractivity contribution in [2.75, 3.05) is 0 Å². The highest BCUT2D eigenvalue weighted by molar-refractivity contribution is 6.21. The summed E-state index contributed by atoms with van der Waals surface area (Å²) < 4.78 is 0. The van der Waals surface area contributed by atoms with E-state index in [9.17, 15) is 0 Å². The molecule has 0 bridgehead atoms. The van der Waals surface area contributed by atoms with Crippen molar-refractivity contribution in [2.24, 2.45) is 11.8 Å². The smallest absolute Gasteiger partial charge is 0.00201 e. The van der Waals surface area contributed by atoms with Crippen molar-refractivity contribution in [1.29, 1.82) is 0 Å². The fourth-order valence-corrected chi connectivity index (χ4v) is 5.50. The third kappa shape index (κ3) is 2.55. The fourth-order valence-electron chi connectivity index (χ4n) is 5.50. The minimum absolute atomic E-state index is 0.732. The minimum Gasteiger partial charge on any atom is -0.0802 e. The lowest BCUT2D eigenvalue weighted by atomic mass is 9.84. The van der Waals surface area contributed by atoms with E-state index in [2.05, 4.69) is 109 Å². The third-order valence-corrected chi connectivity index (χ3v) is 7.09. The van der Waals surface area contributed by atoms with E-state index in [1.165, 1.54) is 61.0 Å². The normalized spacial score (nSPS) is 19.5. The number of allylic oxidation sites excluding steroid dienone is 4. The second-order valence-corrected chi connectivity index (χ2v) is 8.91. The molecule has 0 saturated heterocycles. The van der Waals surface area contributed by atoms with Crippen LogP contribution in [0.2, 0.25) is 0 Å². The van der Waals surface area contributed by atoms with Crippen molar-refractivity contribution in [3.63, 3.8) is 0 Å². The summed E-state index contributed by atoms with van der Waals surface area (Å²) in [5.41, 5.74) is 5.43. The maximum Gasteiger partial charge on any atom is -0.00201 e. The van der Waals surface area contributed by atoms with Gasteiger partial charge in [0, 0.05) is 0 Å². The molecule has 7 rings (SSSR count). The van der Waals surface area contributed by atoms with Crippen LogP contribution in [0.3, 0.4) is 0 Å². The molecule has 146 valence electrons. The molecule has 0 heterocycles. The van der Waals surface area contributed by atoms with Crippen molar-refractivity contribution in [2.45, 2.75) is 6.42 Å². The van der Waals surface area contributed by atoms with Gasteiger partial charge in [-0.1, -0.05) is 109 Å². The second kappa shape index (κ2) is 6.43. The Labute approximate surface area is 182 Å². The zero-order valence-corrected chi connectivity index (χ0v) is 17.3. The molecule has 1 fully saturated rings.